The molecule has 68 valence electrons. The lowest BCUT2D eigenvalue weighted by Crippen LogP contribution is -2.00. The van der Waals surface area contributed by atoms with E-state index in [-0.39, 0.29) is 0 Å². The van der Waals surface area contributed by atoms with Crippen molar-refractivity contribution in [1.82, 2.24) is 0 Å². The van der Waals surface area contributed by atoms with Crippen molar-refractivity contribution in [2.75, 3.05) is 7.11 Å². The van der Waals surface area contributed by atoms with Crippen LogP contribution < -0.4 is 4.74 Å². The van der Waals surface area contributed by atoms with Gasteiger partial charge in [0.15, 0.2) is 0 Å². The highest BCUT2D eigenvalue weighted by molar-refractivity contribution is 5.41. The summed E-state index contributed by atoms with van der Waals surface area (Å²) in [4.78, 5) is 0. The van der Waals surface area contributed by atoms with Gasteiger partial charge < -0.3 is 4.74 Å². The van der Waals surface area contributed by atoms with Gasteiger partial charge in [-0.25, -0.2) is 4.39 Å². The molecule has 2 heteroatoms. The zero-order valence-corrected chi connectivity index (χ0v) is 7.46. The molecule has 0 bridgehead atoms. The van der Waals surface area contributed by atoms with E-state index in [1.165, 1.54) is 0 Å². The number of halogens is 1. The lowest BCUT2D eigenvalue weighted by atomic mass is 9.95. The Balaban J connectivity index is 2.43. The fourth-order valence-electron chi connectivity index (χ4n) is 1.57. The molecule has 1 nitrogen and oxygen atoms in total. The predicted octanol–water partition coefficient (Wildman–Crippen LogP) is 2.82. The van der Waals surface area contributed by atoms with Gasteiger partial charge >= 0.3 is 0 Å². The molecule has 1 aliphatic rings. The van der Waals surface area contributed by atoms with E-state index in [1.54, 1.807) is 25.3 Å². The van der Waals surface area contributed by atoms with Crippen molar-refractivity contribution in [1.29, 1.82) is 0 Å². The molecule has 0 saturated carbocycles. The van der Waals surface area contributed by atoms with Crippen LogP contribution in [-0.4, -0.2) is 7.11 Å². The third-order valence-electron chi connectivity index (χ3n) is 2.29. The first-order chi connectivity index (χ1) is 6.31. The average molecular weight is 178 g/mol. The summed E-state index contributed by atoms with van der Waals surface area (Å²) in [6, 6.07) is 5.48. The highest BCUT2D eigenvalue weighted by Crippen LogP contribution is 2.30. The quantitative estimate of drug-likeness (QED) is 0.601. The molecular formula is C11H11FO. The van der Waals surface area contributed by atoms with Gasteiger partial charge in [0.05, 0.1) is 7.11 Å². The van der Waals surface area contributed by atoms with Gasteiger partial charge in [-0.3, -0.25) is 0 Å². The van der Waals surface area contributed by atoms with Gasteiger partial charge in [0.1, 0.15) is 11.9 Å². The summed E-state index contributed by atoms with van der Waals surface area (Å²) in [5, 5.41) is 0. The van der Waals surface area contributed by atoms with Gasteiger partial charge in [-0.1, -0.05) is 12.1 Å². The summed E-state index contributed by atoms with van der Waals surface area (Å²) >= 11 is 0. The number of rotatable bonds is 1. The predicted molar refractivity (Wildman–Crippen MR) is 49.7 cm³/mol. The smallest absolute Gasteiger partial charge is 0.144 e. The maximum Gasteiger partial charge on any atom is 0.144 e. The molecule has 13 heavy (non-hydrogen) atoms. The zero-order chi connectivity index (χ0) is 9.26. The van der Waals surface area contributed by atoms with E-state index in [4.69, 9.17) is 4.74 Å². The van der Waals surface area contributed by atoms with Crippen LogP contribution in [0.3, 0.4) is 0 Å². The van der Waals surface area contributed by atoms with Crippen molar-refractivity contribution in [2.24, 2.45) is 0 Å². The van der Waals surface area contributed by atoms with Crippen LogP contribution in [-0.2, 0) is 6.42 Å². The third-order valence-corrected chi connectivity index (χ3v) is 2.29. The van der Waals surface area contributed by atoms with Crippen LogP contribution in [0.1, 0.15) is 17.3 Å². The highest BCUT2D eigenvalue weighted by atomic mass is 19.1. The topological polar surface area (TPSA) is 9.23 Å². The maximum absolute atomic E-state index is 13.3. The molecule has 0 heterocycles. The lowest BCUT2D eigenvalue weighted by molar-refractivity contribution is 0.401. The van der Waals surface area contributed by atoms with Gasteiger partial charge in [0.25, 0.3) is 0 Å². The van der Waals surface area contributed by atoms with Gasteiger partial charge in [0.2, 0.25) is 0 Å². The number of allylic oxidation sites excluding steroid dienone is 2. The van der Waals surface area contributed by atoms with Crippen molar-refractivity contribution in [3.8, 4) is 5.75 Å². The van der Waals surface area contributed by atoms with Crippen LogP contribution in [0.2, 0.25) is 0 Å². The standard InChI is InChI=1S/C11H11FO/c1-13-9-5-6-10-8(7-9)3-2-4-11(10)12/h2,4-7,11H,3H2,1H3. The van der Waals surface area contributed by atoms with Crippen LogP contribution in [0.5, 0.6) is 5.75 Å². The SMILES string of the molecule is COc1ccc2c(c1)CC=CC2F. The molecule has 0 saturated heterocycles. The second-order valence-corrected chi connectivity index (χ2v) is 3.10. The number of ether oxygens (including phenoxy) is 1. The van der Waals surface area contributed by atoms with Crippen LogP contribution in [0.15, 0.2) is 30.4 Å². The molecule has 0 fully saturated rings. The molecule has 0 aromatic heterocycles. The number of alkyl halides is 1. The number of benzene rings is 1. The molecule has 0 aliphatic heterocycles. The molecular weight excluding hydrogens is 167 g/mol. The highest BCUT2D eigenvalue weighted by Gasteiger charge is 2.14. The molecule has 0 spiro atoms. The van der Waals surface area contributed by atoms with E-state index in [0.717, 1.165) is 23.3 Å². The minimum Gasteiger partial charge on any atom is -0.497 e. The molecule has 0 amide bonds. The van der Waals surface area contributed by atoms with Gasteiger partial charge in [-0.05, 0) is 35.8 Å². The fourth-order valence-corrected chi connectivity index (χ4v) is 1.57. The monoisotopic (exact) mass is 178 g/mol. The Morgan fingerprint density at radius 3 is 3.08 bits per heavy atom. The van der Waals surface area contributed by atoms with E-state index in [1.807, 2.05) is 12.1 Å². The summed E-state index contributed by atoms with van der Waals surface area (Å²) in [7, 11) is 1.62. The van der Waals surface area contributed by atoms with Crippen molar-refractivity contribution >= 4 is 0 Å². The molecule has 1 aliphatic carbocycles. The van der Waals surface area contributed by atoms with Gasteiger partial charge in [-0.2, -0.15) is 0 Å². The Kier molecular flexibility index (Phi) is 2.05. The molecule has 1 atom stereocenters. The second-order valence-electron chi connectivity index (χ2n) is 3.10. The van der Waals surface area contributed by atoms with Crippen LogP contribution in [0.25, 0.3) is 0 Å². The Morgan fingerprint density at radius 1 is 1.46 bits per heavy atom. The largest absolute Gasteiger partial charge is 0.497 e. The second kappa shape index (κ2) is 3.21. The van der Waals surface area contributed by atoms with Crippen molar-refractivity contribution in [3.05, 3.63) is 41.5 Å². The lowest BCUT2D eigenvalue weighted by Gasteiger charge is -2.15. The summed E-state index contributed by atoms with van der Waals surface area (Å²) < 4.78 is 18.4. The first kappa shape index (κ1) is 8.30. The summed E-state index contributed by atoms with van der Waals surface area (Å²) in [6.45, 7) is 0. The summed E-state index contributed by atoms with van der Waals surface area (Å²) in [5.41, 5.74) is 1.79. The molecule has 0 N–H and O–H groups in total. The average Bonchev–Trinajstić information content (AvgIpc) is 2.18. The van der Waals surface area contributed by atoms with Crippen LogP contribution in [0.4, 0.5) is 4.39 Å². The van der Waals surface area contributed by atoms with E-state index in [9.17, 15) is 4.39 Å². The Labute approximate surface area is 76.8 Å². The van der Waals surface area contributed by atoms with E-state index in [2.05, 4.69) is 0 Å². The minimum atomic E-state index is -0.949. The Bertz CT molecular complexity index is 344. The molecule has 1 aromatic rings. The maximum atomic E-state index is 13.3. The fraction of sp³-hybridized carbons (Fsp3) is 0.273. The third kappa shape index (κ3) is 1.44. The normalized spacial score (nSPS) is 19.7. The van der Waals surface area contributed by atoms with Crippen LogP contribution in [0, 0.1) is 0 Å². The molecule has 0 radical (unpaired) electrons. The van der Waals surface area contributed by atoms with Gasteiger partial charge in [-0.15, -0.1) is 0 Å². The molecule has 1 unspecified atom stereocenters. The van der Waals surface area contributed by atoms with E-state index in [0.29, 0.717) is 0 Å². The zero-order valence-electron chi connectivity index (χ0n) is 7.46. The molecule has 2 rings (SSSR count). The number of hydrogen-bond acceptors (Lipinski definition) is 1. The Hall–Kier alpha value is -1.31. The van der Waals surface area contributed by atoms with Crippen LogP contribution >= 0.6 is 0 Å². The van der Waals surface area contributed by atoms with Gasteiger partial charge in [0, 0.05) is 0 Å². The van der Waals surface area contributed by atoms with E-state index >= 15 is 0 Å². The summed E-state index contributed by atoms with van der Waals surface area (Å²) in [6.07, 6.45) is 3.29. The number of fused-ring (bicyclic) bond motifs is 1. The first-order valence-corrected chi connectivity index (χ1v) is 4.29. The Morgan fingerprint density at radius 2 is 2.31 bits per heavy atom. The van der Waals surface area contributed by atoms with Crippen molar-refractivity contribution in [3.63, 3.8) is 0 Å². The molecule has 1 aromatic carbocycles. The first-order valence-electron chi connectivity index (χ1n) is 4.29. The summed E-state index contributed by atoms with van der Waals surface area (Å²) in [5.74, 6) is 0.793. The number of methoxy groups -OCH3 is 1. The van der Waals surface area contributed by atoms with Crippen molar-refractivity contribution in [2.45, 2.75) is 12.6 Å². The minimum absolute atomic E-state index is 0.767. The van der Waals surface area contributed by atoms with E-state index < -0.39 is 6.17 Å². The van der Waals surface area contributed by atoms with Crippen molar-refractivity contribution < 1.29 is 9.13 Å². The number of hydrogen-bond donors (Lipinski definition) is 0.